The lowest BCUT2D eigenvalue weighted by Gasteiger charge is -2.34. The van der Waals surface area contributed by atoms with Crippen molar-refractivity contribution in [1.29, 1.82) is 0 Å². The number of aliphatic hydroxyl groups excluding tert-OH is 1. The van der Waals surface area contributed by atoms with E-state index in [0.29, 0.717) is 12.5 Å². The number of nitrogens with zero attached hydrogens (tertiary/aromatic N) is 2. The van der Waals surface area contributed by atoms with Crippen molar-refractivity contribution in [3.8, 4) is 0 Å². The number of likely N-dealkylation sites (tertiary alicyclic amines) is 1. The van der Waals surface area contributed by atoms with Gasteiger partial charge in [-0.25, -0.2) is 0 Å². The normalized spacial score (nSPS) is 35.9. The fourth-order valence-corrected chi connectivity index (χ4v) is 3.42. The standard InChI is InChI=1S/C15H26N2O3/c18-13-6-4-12(5-7-13)15-16-19-11-14(20-15)10-17-8-2-1-3-9-17/h12-14,18H,1-11H2. The molecule has 114 valence electrons. The highest BCUT2D eigenvalue weighted by Gasteiger charge is 2.30. The van der Waals surface area contributed by atoms with Crippen molar-refractivity contribution in [2.24, 2.45) is 11.1 Å². The smallest absolute Gasteiger partial charge is 0.229 e. The Kier molecular flexibility index (Phi) is 4.78. The quantitative estimate of drug-likeness (QED) is 0.857. The Hall–Kier alpha value is -0.810. The van der Waals surface area contributed by atoms with E-state index < -0.39 is 0 Å². The third-order valence-corrected chi connectivity index (χ3v) is 4.66. The van der Waals surface area contributed by atoms with Crippen molar-refractivity contribution < 1.29 is 14.7 Å². The maximum Gasteiger partial charge on any atom is 0.229 e. The molecular formula is C15H26N2O3. The third-order valence-electron chi connectivity index (χ3n) is 4.66. The summed E-state index contributed by atoms with van der Waals surface area (Å²) in [5.74, 6) is 1.10. The van der Waals surface area contributed by atoms with Gasteiger partial charge < -0.3 is 14.7 Å². The van der Waals surface area contributed by atoms with E-state index in [-0.39, 0.29) is 12.2 Å². The van der Waals surface area contributed by atoms with Crippen molar-refractivity contribution in [3.05, 3.63) is 0 Å². The van der Waals surface area contributed by atoms with Gasteiger partial charge in [-0.1, -0.05) is 11.6 Å². The predicted molar refractivity (Wildman–Crippen MR) is 76.5 cm³/mol. The first-order valence-corrected chi connectivity index (χ1v) is 8.08. The topological polar surface area (TPSA) is 54.3 Å². The van der Waals surface area contributed by atoms with Crippen LogP contribution in [0.3, 0.4) is 0 Å². The van der Waals surface area contributed by atoms with Gasteiger partial charge in [0.2, 0.25) is 5.90 Å². The van der Waals surface area contributed by atoms with Crippen LogP contribution < -0.4 is 0 Å². The lowest BCUT2D eigenvalue weighted by Crippen LogP contribution is -2.43. The summed E-state index contributed by atoms with van der Waals surface area (Å²) in [4.78, 5) is 7.87. The molecule has 5 nitrogen and oxygen atoms in total. The molecule has 1 saturated heterocycles. The maximum atomic E-state index is 9.58. The summed E-state index contributed by atoms with van der Waals surface area (Å²) >= 11 is 0. The fourth-order valence-electron chi connectivity index (χ4n) is 3.42. The first-order chi connectivity index (χ1) is 9.81. The van der Waals surface area contributed by atoms with Gasteiger partial charge in [-0.15, -0.1) is 0 Å². The van der Waals surface area contributed by atoms with Crippen LogP contribution in [-0.4, -0.2) is 54.4 Å². The first-order valence-electron chi connectivity index (χ1n) is 8.08. The van der Waals surface area contributed by atoms with E-state index in [4.69, 9.17) is 9.57 Å². The Bertz CT molecular complexity index is 334. The number of oxime groups is 1. The average molecular weight is 282 g/mol. The molecule has 0 spiro atoms. The second-order valence-electron chi connectivity index (χ2n) is 6.33. The van der Waals surface area contributed by atoms with Crippen LogP contribution in [0.4, 0.5) is 0 Å². The van der Waals surface area contributed by atoms with E-state index in [0.717, 1.165) is 38.1 Å². The summed E-state index contributed by atoms with van der Waals surface area (Å²) in [5, 5.41) is 13.7. The van der Waals surface area contributed by atoms with Crippen molar-refractivity contribution in [3.63, 3.8) is 0 Å². The largest absolute Gasteiger partial charge is 0.470 e. The number of rotatable bonds is 3. The number of piperidine rings is 1. The molecule has 0 aromatic carbocycles. The zero-order valence-corrected chi connectivity index (χ0v) is 12.2. The predicted octanol–water partition coefficient (Wildman–Crippen LogP) is 1.75. The fraction of sp³-hybridized carbons (Fsp3) is 0.933. The van der Waals surface area contributed by atoms with Crippen LogP contribution in [0.25, 0.3) is 0 Å². The van der Waals surface area contributed by atoms with Crippen LogP contribution in [0.2, 0.25) is 0 Å². The third kappa shape index (κ3) is 3.64. The van der Waals surface area contributed by atoms with Crippen LogP contribution in [0, 0.1) is 5.92 Å². The summed E-state index contributed by atoms with van der Waals surface area (Å²) in [7, 11) is 0. The zero-order chi connectivity index (χ0) is 13.8. The SMILES string of the molecule is OC1CCC(C2=NOCC(CN3CCCCC3)O2)CC1. The highest BCUT2D eigenvalue weighted by molar-refractivity contribution is 5.78. The van der Waals surface area contributed by atoms with Gasteiger partial charge in [0.25, 0.3) is 0 Å². The van der Waals surface area contributed by atoms with Crippen molar-refractivity contribution in [2.75, 3.05) is 26.2 Å². The van der Waals surface area contributed by atoms with Gasteiger partial charge in [0.15, 0.2) is 6.61 Å². The molecule has 1 aliphatic carbocycles. The molecule has 3 aliphatic rings. The van der Waals surface area contributed by atoms with Gasteiger partial charge in [0, 0.05) is 12.5 Å². The molecule has 5 heteroatoms. The van der Waals surface area contributed by atoms with E-state index >= 15 is 0 Å². The van der Waals surface area contributed by atoms with Crippen LogP contribution in [-0.2, 0) is 9.57 Å². The summed E-state index contributed by atoms with van der Waals surface area (Å²) in [5.41, 5.74) is 0. The summed E-state index contributed by atoms with van der Waals surface area (Å²) in [6.07, 6.45) is 7.56. The average Bonchev–Trinajstić information content (AvgIpc) is 2.49. The zero-order valence-electron chi connectivity index (χ0n) is 12.2. The van der Waals surface area contributed by atoms with Gasteiger partial charge in [-0.3, -0.25) is 4.90 Å². The molecule has 1 N–H and O–H groups in total. The molecule has 0 aromatic rings. The van der Waals surface area contributed by atoms with E-state index in [1.807, 2.05) is 0 Å². The monoisotopic (exact) mass is 282 g/mol. The number of hydrogen-bond acceptors (Lipinski definition) is 5. The van der Waals surface area contributed by atoms with Crippen LogP contribution in [0.1, 0.15) is 44.9 Å². The molecule has 1 unspecified atom stereocenters. The van der Waals surface area contributed by atoms with Crippen LogP contribution in [0.15, 0.2) is 5.16 Å². The number of ether oxygens (including phenoxy) is 1. The van der Waals surface area contributed by atoms with Gasteiger partial charge in [-0.2, -0.15) is 0 Å². The Labute approximate surface area is 120 Å². The minimum absolute atomic E-state index is 0.118. The Morgan fingerprint density at radius 1 is 1.10 bits per heavy atom. The van der Waals surface area contributed by atoms with Crippen molar-refractivity contribution in [1.82, 2.24) is 4.90 Å². The Morgan fingerprint density at radius 3 is 2.60 bits per heavy atom. The summed E-state index contributed by atoms with van der Waals surface area (Å²) in [6, 6.07) is 0. The summed E-state index contributed by atoms with van der Waals surface area (Å²) < 4.78 is 6.07. The Balaban J connectivity index is 1.49. The molecular weight excluding hydrogens is 256 g/mol. The van der Waals surface area contributed by atoms with Crippen LogP contribution >= 0.6 is 0 Å². The van der Waals surface area contributed by atoms with Crippen LogP contribution in [0.5, 0.6) is 0 Å². The molecule has 1 atom stereocenters. The molecule has 20 heavy (non-hydrogen) atoms. The molecule has 1 saturated carbocycles. The molecule has 2 aliphatic heterocycles. The molecule has 0 amide bonds. The van der Waals surface area contributed by atoms with Crippen molar-refractivity contribution >= 4 is 5.90 Å². The summed E-state index contributed by atoms with van der Waals surface area (Å²) in [6.45, 7) is 3.88. The van der Waals surface area contributed by atoms with E-state index in [9.17, 15) is 5.11 Å². The highest BCUT2D eigenvalue weighted by Crippen LogP contribution is 2.27. The second-order valence-corrected chi connectivity index (χ2v) is 6.33. The lowest BCUT2D eigenvalue weighted by atomic mass is 9.87. The van der Waals surface area contributed by atoms with E-state index in [2.05, 4.69) is 10.1 Å². The van der Waals surface area contributed by atoms with Crippen molar-refractivity contribution in [2.45, 2.75) is 57.2 Å². The Morgan fingerprint density at radius 2 is 1.85 bits per heavy atom. The lowest BCUT2D eigenvalue weighted by molar-refractivity contribution is -0.0182. The molecule has 0 aromatic heterocycles. The second kappa shape index (κ2) is 6.76. The molecule has 0 bridgehead atoms. The van der Waals surface area contributed by atoms with E-state index in [1.165, 1.54) is 32.4 Å². The minimum Gasteiger partial charge on any atom is -0.470 e. The minimum atomic E-state index is -0.138. The highest BCUT2D eigenvalue weighted by atomic mass is 16.7. The molecule has 3 rings (SSSR count). The number of aliphatic hydroxyl groups is 1. The van der Waals surface area contributed by atoms with Gasteiger partial charge in [0.05, 0.1) is 6.10 Å². The first kappa shape index (κ1) is 14.1. The van der Waals surface area contributed by atoms with E-state index in [1.54, 1.807) is 0 Å². The maximum absolute atomic E-state index is 9.58. The number of hydrogen-bond donors (Lipinski definition) is 1. The van der Waals surface area contributed by atoms with Gasteiger partial charge >= 0.3 is 0 Å². The molecule has 0 radical (unpaired) electrons. The molecule has 2 heterocycles. The van der Waals surface area contributed by atoms with Gasteiger partial charge in [-0.05, 0) is 51.6 Å². The molecule has 2 fully saturated rings. The van der Waals surface area contributed by atoms with Gasteiger partial charge in [0.1, 0.15) is 6.10 Å².